The molecular weight excluding hydrogens is 392 g/mol. The van der Waals surface area contributed by atoms with Crippen LogP contribution in [0.4, 0.5) is 0 Å². The highest BCUT2D eigenvalue weighted by Crippen LogP contribution is 2.27. The topological polar surface area (TPSA) is 53.8 Å². The fraction of sp³-hybridized carbons (Fsp3) is 0. The van der Waals surface area contributed by atoms with E-state index in [-0.39, 0.29) is 11.4 Å². The van der Waals surface area contributed by atoms with Crippen molar-refractivity contribution in [1.82, 2.24) is 4.98 Å². The third-order valence-corrected chi connectivity index (χ3v) is 5.27. The minimum absolute atomic E-state index is 0.0959. The molecule has 0 aliphatic rings. The monoisotopic (exact) mass is 400 g/mol. The van der Waals surface area contributed by atoms with E-state index in [1.165, 1.54) is 22.7 Å². The summed E-state index contributed by atoms with van der Waals surface area (Å²) in [6, 6.07) is 13.3. The van der Waals surface area contributed by atoms with Gasteiger partial charge in [0.05, 0.1) is 10.6 Å². The Morgan fingerprint density at radius 2 is 2.13 bits per heavy atom. The van der Waals surface area contributed by atoms with Gasteiger partial charge >= 0.3 is 0 Å². The number of ketones is 1. The maximum absolute atomic E-state index is 12.3. The molecule has 0 atom stereocenters. The van der Waals surface area contributed by atoms with Gasteiger partial charge in [-0.2, -0.15) is 5.26 Å². The van der Waals surface area contributed by atoms with Gasteiger partial charge in [0.25, 0.3) is 0 Å². The van der Waals surface area contributed by atoms with Crippen molar-refractivity contribution < 1.29 is 4.79 Å². The Morgan fingerprint density at radius 3 is 2.83 bits per heavy atom. The minimum atomic E-state index is -0.264. The van der Waals surface area contributed by atoms with Gasteiger partial charge < -0.3 is 0 Å². The number of Topliss-reactive ketones (excluding diaryl/α,β-unsaturated/α-hetero) is 1. The van der Waals surface area contributed by atoms with Crippen LogP contribution in [0.2, 0.25) is 0 Å². The van der Waals surface area contributed by atoms with Gasteiger partial charge in [0.2, 0.25) is 5.78 Å². The zero-order valence-corrected chi connectivity index (χ0v) is 14.9. The lowest BCUT2D eigenvalue weighted by atomic mass is 10.1. The number of halogens is 1. The van der Waals surface area contributed by atoms with Gasteiger partial charge in [-0.1, -0.05) is 34.1 Å². The molecule has 0 unspecified atom stereocenters. The van der Waals surface area contributed by atoms with Crippen molar-refractivity contribution >= 4 is 50.5 Å². The number of benzene rings is 1. The fourth-order valence-electron chi connectivity index (χ4n) is 1.94. The van der Waals surface area contributed by atoms with Crippen molar-refractivity contribution in [3.8, 4) is 16.6 Å². The lowest BCUT2D eigenvalue weighted by molar-refractivity contribution is 0.104. The number of carbonyl (C=O) groups is 1. The molecule has 0 fully saturated rings. The summed E-state index contributed by atoms with van der Waals surface area (Å²) >= 11 is 6.24. The van der Waals surface area contributed by atoms with Crippen molar-refractivity contribution in [2.45, 2.75) is 0 Å². The van der Waals surface area contributed by atoms with E-state index in [0.717, 1.165) is 15.0 Å². The Labute approximate surface area is 149 Å². The van der Waals surface area contributed by atoms with E-state index in [2.05, 4.69) is 20.9 Å². The van der Waals surface area contributed by atoms with Gasteiger partial charge in [0.1, 0.15) is 16.6 Å². The number of rotatable bonds is 4. The fourth-order valence-corrected chi connectivity index (χ4v) is 3.79. The van der Waals surface area contributed by atoms with Gasteiger partial charge in [0.15, 0.2) is 0 Å². The Bertz CT molecular complexity index is 920. The summed E-state index contributed by atoms with van der Waals surface area (Å²) < 4.78 is 0.980. The van der Waals surface area contributed by atoms with Crippen molar-refractivity contribution in [3.05, 3.63) is 67.8 Å². The number of thiophene rings is 1. The van der Waals surface area contributed by atoms with Gasteiger partial charge in [0, 0.05) is 15.4 Å². The summed E-state index contributed by atoms with van der Waals surface area (Å²) in [4.78, 5) is 17.3. The Morgan fingerprint density at radius 1 is 1.26 bits per heavy atom. The molecule has 112 valence electrons. The summed E-state index contributed by atoms with van der Waals surface area (Å²) in [6.45, 7) is 0. The van der Waals surface area contributed by atoms with E-state index in [4.69, 9.17) is 0 Å². The van der Waals surface area contributed by atoms with Crippen LogP contribution in [-0.2, 0) is 0 Å². The van der Waals surface area contributed by atoms with Crippen LogP contribution in [0.25, 0.3) is 16.6 Å². The Balaban J connectivity index is 1.90. The number of aromatic nitrogens is 1. The van der Waals surface area contributed by atoms with E-state index >= 15 is 0 Å². The summed E-state index contributed by atoms with van der Waals surface area (Å²) in [5, 5.41) is 13.8. The molecule has 23 heavy (non-hydrogen) atoms. The standard InChI is InChI=1S/C17H9BrN2OS2/c18-13-4-1-3-11(7-13)17-20-14(10-23-17)8-12(9-19)16(21)15-5-2-6-22-15/h1-8,10H/b12-8+. The average molecular weight is 401 g/mol. The second-order valence-corrected chi connectivity index (χ2v) is 7.29. The molecule has 1 aromatic carbocycles. The zero-order chi connectivity index (χ0) is 16.2. The number of hydrogen-bond acceptors (Lipinski definition) is 5. The largest absolute Gasteiger partial charge is 0.287 e. The maximum atomic E-state index is 12.3. The van der Waals surface area contributed by atoms with Crippen LogP contribution >= 0.6 is 38.6 Å². The maximum Gasteiger partial charge on any atom is 0.213 e. The molecule has 3 rings (SSSR count). The molecule has 2 aromatic heterocycles. The van der Waals surface area contributed by atoms with Crippen molar-refractivity contribution in [3.63, 3.8) is 0 Å². The lowest BCUT2D eigenvalue weighted by Crippen LogP contribution is -1.98. The number of allylic oxidation sites excluding steroid dienone is 1. The SMILES string of the molecule is N#C/C(=C\c1csc(-c2cccc(Br)c2)n1)C(=O)c1cccs1. The van der Waals surface area contributed by atoms with Crippen LogP contribution in [0.3, 0.4) is 0 Å². The van der Waals surface area contributed by atoms with Gasteiger partial charge in [-0.15, -0.1) is 22.7 Å². The Kier molecular flexibility index (Phi) is 4.82. The second kappa shape index (κ2) is 7.01. The quantitative estimate of drug-likeness (QED) is 0.333. The van der Waals surface area contributed by atoms with Gasteiger partial charge in [-0.05, 0) is 29.7 Å². The van der Waals surface area contributed by atoms with E-state index in [9.17, 15) is 10.1 Å². The average Bonchev–Trinajstić information content (AvgIpc) is 3.23. The van der Waals surface area contributed by atoms with Gasteiger partial charge in [-0.3, -0.25) is 4.79 Å². The Hall–Kier alpha value is -2.07. The number of nitriles is 1. The molecule has 3 nitrogen and oxygen atoms in total. The lowest BCUT2D eigenvalue weighted by Gasteiger charge is -1.96. The molecule has 0 saturated carbocycles. The van der Waals surface area contributed by atoms with E-state index in [1.807, 2.05) is 41.1 Å². The van der Waals surface area contributed by atoms with Crippen LogP contribution in [0.5, 0.6) is 0 Å². The highest BCUT2D eigenvalue weighted by molar-refractivity contribution is 9.10. The molecule has 0 radical (unpaired) electrons. The van der Waals surface area contributed by atoms with E-state index < -0.39 is 0 Å². The highest BCUT2D eigenvalue weighted by Gasteiger charge is 2.14. The molecule has 2 heterocycles. The molecule has 0 aliphatic carbocycles. The van der Waals surface area contributed by atoms with Crippen LogP contribution in [0.1, 0.15) is 15.4 Å². The first-order chi connectivity index (χ1) is 11.2. The molecule has 0 aliphatic heterocycles. The third-order valence-electron chi connectivity index (χ3n) is 3.00. The molecule has 0 spiro atoms. The summed E-state index contributed by atoms with van der Waals surface area (Å²) in [5.74, 6) is -0.264. The normalized spacial score (nSPS) is 11.2. The summed E-state index contributed by atoms with van der Waals surface area (Å²) in [5.41, 5.74) is 1.71. The predicted octanol–water partition coefficient (Wildman–Crippen LogP) is 5.42. The van der Waals surface area contributed by atoms with Gasteiger partial charge in [-0.25, -0.2) is 4.98 Å². The van der Waals surface area contributed by atoms with Crippen LogP contribution in [-0.4, -0.2) is 10.8 Å². The molecule has 0 amide bonds. The molecule has 0 saturated heterocycles. The molecule has 3 aromatic rings. The zero-order valence-electron chi connectivity index (χ0n) is 11.7. The molecule has 6 heteroatoms. The highest BCUT2D eigenvalue weighted by atomic mass is 79.9. The van der Waals surface area contributed by atoms with Crippen molar-refractivity contribution in [2.24, 2.45) is 0 Å². The smallest absolute Gasteiger partial charge is 0.213 e. The summed E-state index contributed by atoms with van der Waals surface area (Å²) in [7, 11) is 0. The molecule has 0 N–H and O–H groups in total. The second-order valence-electron chi connectivity index (χ2n) is 4.56. The number of carbonyl (C=O) groups excluding carboxylic acids is 1. The van der Waals surface area contributed by atoms with E-state index in [0.29, 0.717) is 10.6 Å². The number of nitrogens with zero attached hydrogens (tertiary/aromatic N) is 2. The number of hydrogen-bond donors (Lipinski definition) is 0. The van der Waals surface area contributed by atoms with Crippen molar-refractivity contribution in [2.75, 3.05) is 0 Å². The van der Waals surface area contributed by atoms with E-state index in [1.54, 1.807) is 18.2 Å². The van der Waals surface area contributed by atoms with Crippen LogP contribution < -0.4 is 0 Å². The molecule has 0 bridgehead atoms. The first-order valence-corrected chi connectivity index (χ1v) is 9.14. The molecular formula is C17H9BrN2OS2. The first-order valence-electron chi connectivity index (χ1n) is 6.59. The number of thiazole rings is 1. The third kappa shape index (κ3) is 3.64. The van der Waals surface area contributed by atoms with Crippen LogP contribution in [0.15, 0.2) is 57.2 Å². The minimum Gasteiger partial charge on any atom is -0.287 e. The van der Waals surface area contributed by atoms with Crippen molar-refractivity contribution in [1.29, 1.82) is 5.26 Å². The first kappa shape index (κ1) is 15.8. The van der Waals surface area contributed by atoms with Crippen LogP contribution in [0, 0.1) is 11.3 Å². The summed E-state index contributed by atoms with van der Waals surface area (Å²) in [6.07, 6.45) is 1.54. The predicted molar refractivity (Wildman–Crippen MR) is 97.5 cm³/mol.